The Morgan fingerprint density at radius 3 is 2.19 bits per heavy atom. The average molecular weight is 430 g/mol. The largest absolute Gasteiger partial charge is 0.351 e. The summed E-state index contributed by atoms with van der Waals surface area (Å²) in [5, 5.41) is 0.970. The summed E-state index contributed by atoms with van der Waals surface area (Å²) >= 11 is 3.43. The van der Waals surface area contributed by atoms with Crippen molar-refractivity contribution in [3.8, 4) is 0 Å². The first-order valence-corrected chi connectivity index (χ1v) is 9.43. The SMILES string of the molecule is O=C(c1ccc(F)cc1)N1CCN(C(=O)c2cc3cc(Br)ccc3[nH]2)CC1. The van der Waals surface area contributed by atoms with E-state index in [1.807, 2.05) is 24.3 Å². The molecular weight excluding hydrogens is 413 g/mol. The first-order valence-electron chi connectivity index (χ1n) is 8.64. The highest BCUT2D eigenvalue weighted by Gasteiger charge is 2.26. The minimum Gasteiger partial charge on any atom is -0.351 e. The Morgan fingerprint density at radius 1 is 0.889 bits per heavy atom. The van der Waals surface area contributed by atoms with Crippen LogP contribution in [0.25, 0.3) is 10.9 Å². The van der Waals surface area contributed by atoms with Gasteiger partial charge >= 0.3 is 0 Å². The van der Waals surface area contributed by atoms with Crippen molar-refractivity contribution in [1.82, 2.24) is 14.8 Å². The highest BCUT2D eigenvalue weighted by Crippen LogP contribution is 2.21. The second-order valence-corrected chi connectivity index (χ2v) is 7.42. The van der Waals surface area contributed by atoms with E-state index in [9.17, 15) is 14.0 Å². The molecule has 1 aromatic heterocycles. The molecule has 2 heterocycles. The van der Waals surface area contributed by atoms with Gasteiger partial charge in [-0.2, -0.15) is 0 Å². The number of fused-ring (bicyclic) bond motifs is 1. The fourth-order valence-electron chi connectivity index (χ4n) is 3.28. The second-order valence-electron chi connectivity index (χ2n) is 6.51. The molecule has 138 valence electrons. The lowest BCUT2D eigenvalue weighted by Gasteiger charge is -2.34. The number of carbonyl (C=O) groups is 2. The van der Waals surface area contributed by atoms with Crippen LogP contribution in [-0.4, -0.2) is 52.8 Å². The number of nitrogens with zero attached hydrogens (tertiary/aromatic N) is 2. The van der Waals surface area contributed by atoms with Crippen molar-refractivity contribution in [3.05, 3.63) is 70.1 Å². The van der Waals surface area contributed by atoms with Crippen LogP contribution in [0.1, 0.15) is 20.8 Å². The molecule has 0 aliphatic carbocycles. The molecule has 5 nitrogen and oxygen atoms in total. The van der Waals surface area contributed by atoms with E-state index in [0.717, 1.165) is 15.4 Å². The molecule has 2 amide bonds. The smallest absolute Gasteiger partial charge is 0.270 e. The molecule has 2 aromatic carbocycles. The molecule has 4 rings (SSSR count). The summed E-state index contributed by atoms with van der Waals surface area (Å²) in [6.07, 6.45) is 0. The quantitative estimate of drug-likeness (QED) is 0.675. The Morgan fingerprint density at radius 2 is 1.52 bits per heavy atom. The van der Waals surface area contributed by atoms with E-state index in [1.54, 1.807) is 9.80 Å². The number of piperazine rings is 1. The topological polar surface area (TPSA) is 56.4 Å². The molecule has 0 radical (unpaired) electrons. The van der Waals surface area contributed by atoms with E-state index < -0.39 is 0 Å². The van der Waals surface area contributed by atoms with Gasteiger partial charge in [0.05, 0.1) is 0 Å². The number of aromatic amines is 1. The number of hydrogen-bond acceptors (Lipinski definition) is 2. The Hall–Kier alpha value is -2.67. The predicted molar refractivity (Wildman–Crippen MR) is 104 cm³/mol. The normalized spacial score (nSPS) is 14.6. The monoisotopic (exact) mass is 429 g/mol. The Balaban J connectivity index is 1.42. The minimum absolute atomic E-state index is 0.0730. The van der Waals surface area contributed by atoms with Gasteiger partial charge in [-0.05, 0) is 48.5 Å². The van der Waals surface area contributed by atoms with E-state index >= 15 is 0 Å². The first kappa shape index (κ1) is 17.7. The molecule has 27 heavy (non-hydrogen) atoms. The van der Waals surface area contributed by atoms with Crippen molar-refractivity contribution >= 4 is 38.6 Å². The average Bonchev–Trinajstić information content (AvgIpc) is 3.11. The zero-order chi connectivity index (χ0) is 19.0. The van der Waals surface area contributed by atoms with Crippen molar-refractivity contribution in [2.45, 2.75) is 0 Å². The second kappa shape index (κ2) is 7.15. The predicted octanol–water partition coefficient (Wildman–Crippen LogP) is 3.67. The maximum absolute atomic E-state index is 13.0. The maximum Gasteiger partial charge on any atom is 0.270 e. The number of carbonyl (C=O) groups excluding carboxylic acids is 2. The van der Waals surface area contributed by atoms with E-state index in [4.69, 9.17) is 0 Å². The fraction of sp³-hybridized carbons (Fsp3) is 0.200. The van der Waals surface area contributed by atoms with Gasteiger partial charge in [-0.3, -0.25) is 9.59 Å². The molecule has 0 saturated carbocycles. The lowest BCUT2D eigenvalue weighted by atomic mass is 10.1. The summed E-state index contributed by atoms with van der Waals surface area (Å²) in [7, 11) is 0. The van der Waals surface area contributed by atoms with Gasteiger partial charge in [0.1, 0.15) is 11.5 Å². The lowest BCUT2D eigenvalue weighted by molar-refractivity contribution is 0.0533. The van der Waals surface area contributed by atoms with Crippen LogP contribution in [0.3, 0.4) is 0 Å². The number of hydrogen-bond donors (Lipinski definition) is 1. The summed E-state index contributed by atoms with van der Waals surface area (Å²) < 4.78 is 14.0. The van der Waals surface area contributed by atoms with Gasteiger partial charge in [-0.1, -0.05) is 15.9 Å². The molecule has 0 unspecified atom stereocenters. The third kappa shape index (κ3) is 3.60. The van der Waals surface area contributed by atoms with Gasteiger partial charge in [0, 0.05) is 47.1 Å². The Labute approximate surface area is 163 Å². The zero-order valence-corrected chi connectivity index (χ0v) is 16.0. The van der Waals surface area contributed by atoms with Crippen molar-refractivity contribution in [2.24, 2.45) is 0 Å². The molecule has 0 bridgehead atoms. The van der Waals surface area contributed by atoms with Crippen LogP contribution >= 0.6 is 15.9 Å². The molecule has 7 heteroatoms. The van der Waals surface area contributed by atoms with Gasteiger partial charge in [-0.15, -0.1) is 0 Å². The van der Waals surface area contributed by atoms with E-state index in [1.165, 1.54) is 24.3 Å². The summed E-state index contributed by atoms with van der Waals surface area (Å²) in [5.74, 6) is -0.582. The highest BCUT2D eigenvalue weighted by atomic mass is 79.9. The van der Waals surface area contributed by atoms with Gasteiger partial charge < -0.3 is 14.8 Å². The molecule has 1 fully saturated rings. The van der Waals surface area contributed by atoms with Crippen LogP contribution < -0.4 is 0 Å². The van der Waals surface area contributed by atoms with Crippen molar-refractivity contribution < 1.29 is 14.0 Å². The lowest BCUT2D eigenvalue weighted by Crippen LogP contribution is -2.50. The van der Waals surface area contributed by atoms with Gasteiger partial charge in [0.15, 0.2) is 0 Å². The van der Waals surface area contributed by atoms with E-state index in [-0.39, 0.29) is 17.6 Å². The summed E-state index contributed by atoms with van der Waals surface area (Å²) in [5.41, 5.74) is 1.91. The van der Waals surface area contributed by atoms with Crippen molar-refractivity contribution in [1.29, 1.82) is 0 Å². The molecule has 1 aliphatic heterocycles. The minimum atomic E-state index is -0.368. The maximum atomic E-state index is 13.0. The number of rotatable bonds is 2. The Kier molecular flexibility index (Phi) is 4.70. The highest BCUT2D eigenvalue weighted by molar-refractivity contribution is 9.10. The van der Waals surface area contributed by atoms with Crippen LogP contribution in [0.4, 0.5) is 4.39 Å². The van der Waals surface area contributed by atoms with Crippen LogP contribution in [0.2, 0.25) is 0 Å². The number of aromatic nitrogens is 1. The van der Waals surface area contributed by atoms with Gasteiger partial charge in [0.2, 0.25) is 0 Å². The van der Waals surface area contributed by atoms with Crippen LogP contribution in [-0.2, 0) is 0 Å². The fourth-order valence-corrected chi connectivity index (χ4v) is 3.66. The van der Waals surface area contributed by atoms with Crippen LogP contribution in [0.5, 0.6) is 0 Å². The molecule has 1 saturated heterocycles. The molecule has 1 aliphatic rings. The van der Waals surface area contributed by atoms with Crippen LogP contribution in [0, 0.1) is 5.82 Å². The third-order valence-corrected chi connectivity index (χ3v) is 5.25. The number of amides is 2. The molecular formula is C20H17BrFN3O2. The molecule has 0 spiro atoms. The van der Waals surface area contributed by atoms with Crippen molar-refractivity contribution in [3.63, 3.8) is 0 Å². The van der Waals surface area contributed by atoms with Crippen molar-refractivity contribution in [2.75, 3.05) is 26.2 Å². The van der Waals surface area contributed by atoms with E-state index in [2.05, 4.69) is 20.9 Å². The number of nitrogens with one attached hydrogen (secondary N) is 1. The summed E-state index contributed by atoms with van der Waals surface area (Å²) in [6.45, 7) is 1.83. The molecule has 1 N–H and O–H groups in total. The van der Waals surface area contributed by atoms with E-state index in [0.29, 0.717) is 37.4 Å². The van der Waals surface area contributed by atoms with Gasteiger partial charge in [0.25, 0.3) is 11.8 Å². The Bertz CT molecular complexity index is 1010. The first-order chi connectivity index (χ1) is 13.0. The molecule has 0 atom stereocenters. The molecule has 3 aromatic rings. The number of H-pyrrole nitrogens is 1. The zero-order valence-electron chi connectivity index (χ0n) is 14.4. The third-order valence-electron chi connectivity index (χ3n) is 4.76. The summed E-state index contributed by atoms with van der Waals surface area (Å²) in [4.78, 5) is 31.9. The number of halogens is 2. The summed E-state index contributed by atoms with van der Waals surface area (Å²) in [6, 6.07) is 13.2. The standard InChI is InChI=1S/C20H17BrFN3O2/c21-15-3-6-17-14(11-15)12-18(23-17)20(27)25-9-7-24(8-10-25)19(26)13-1-4-16(22)5-2-13/h1-6,11-12,23H,7-10H2. The van der Waals surface area contributed by atoms with Crippen LogP contribution in [0.15, 0.2) is 53.0 Å². The van der Waals surface area contributed by atoms with Gasteiger partial charge in [-0.25, -0.2) is 4.39 Å². The number of benzene rings is 2.